The molecule has 3 aromatic rings. The van der Waals surface area contributed by atoms with Gasteiger partial charge in [-0.3, -0.25) is 4.79 Å². The van der Waals surface area contributed by atoms with Crippen LogP contribution in [0.5, 0.6) is 0 Å². The van der Waals surface area contributed by atoms with Crippen LogP contribution in [0.3, 0.4) is 0 Å². The van der Waals surface area contributed by atoms with E-state index in [9.17, 15) is 4.79 Å². The topological polar surface area (TPSA) is 57.2 Å². The Balaban J connectivity index is 1.56. The Bertz CT molecular complexity index is 1170. The first-order valence-electron chi connectivity index (χ1n) is 10.5. The monoisotopic (exact) mass is 528 g/mol. The minimum Gasteiger partial charge on any atom is -0.341 e. The Morgan fingerprint density at radius 2 is 1.88 bits per heavy atom. The molecule has 1 fully saturated rings. The van der Waals surface area contributed by atoms with Crippen molar-refractivity contribution in [1.29, 1.82) is 0 Å². The molecule has 4 rings (SSSR count). The Labute approximate surface area is 211 Å². The standard InChI is InChI=1S/C23H22Cl4N3O3/c1-2-3-17-11-32-23(33-17,19-7-5-16(25)9-21(19)27)12-30-14-29(13-28-30)10-22(31)18-6-4-15(24)8-20(18)26/h4-9,13-14,17H,2-3,10-12H2,1H3/q+1/t17-,23+/m0/s1. The largest absolute Gasteiger partial charge is 0.341 e. The maximum Gasteiger partial charge on any atom is 0.265 e. The second-order valence-electron chi connectivity index (χ2n) is 7.88. The van der Waals surface area contributed by atoms with Crippen molar-refractivity contribution in [3.05, 3.63) is 80.3 Å². The molecule has 0 aliphatic carbocycles. The lowest BCUT2D eigenvalue weighted by Crippen LogP contribution is -2.37. The number of ketones is 1. The Morgan fingerprint density at radius 3 is 2.58 bits per heavy atom. The summed E-state index contributed by atoms with van der Waals surface area (Å²) in [6.45, 7) is 2.86. The highest BCUT2D eigenvalue weighted by Gasteiger charge is 2.46. The number of hydrogen-bond donors (Lipinski definition) is 0. The number of carbonyl (C=O) groups excluding carboxylic acids is 1. The predicted octanol–water partition coefficient (Wildman–Crippen LogP) is 5.74. The van der Waals surface area contributed by atoms with Crippen molar-refractivity contribution in [2.75, 3.05) is 6.61 Å². The van der Waals surface area contributed by atoms with Crippen molar-refractivity contribution >= 4 is 52.2 Å². The minimum atomic E-state index is -1.12. The first-order valence-corrected chi connectivity index (χ1v) is 12.0. The van der Waals surface area contributed by atoms with Crippen LogP contribution in [-0.2, 0) is 28.4 Å². The summed E-state index contributed by atoms with van der Waals surface area (Å²) in [7, 11) is 0. The predicted molar refractivity (Wildman–Crippen MR) is 127 cm³/mol. The SMILES string of the molecule is CCC[C@H]1CO[C@@](Cn2c[n+](CC(=O)c3ccc(Cl)cc3Cl)cn2)(c2ccc(Cl)cc2Cl)O1. The van der Waals surface area contributed by atoms with E-state index in [0.717, 1.165) is 12.8 Å². The van der Waals surface area contributed by atoms with Crippen molar-refractivity contribution in [2.45, 2.75) is 44.7 Å². The maximum atomic E-state index is 12.7. The Kier molecular flexibility index (Phi) is 7.63. The number of ether oxygens (including phenoxy) is 2. The van der Waals surface area contributed by atoms with E-state index in [1.165, 1.54) is 0 Å². The molecule has 1 aromatic heterocycles. The molecule has 0 unspecified atom stereocenters. The third kappa shape index (κ3) is 5.53. The zero-order valence-corrected chi connectivity index (χ0v) is 20.8. The molecule has 0 bridgehead atoms. The van der Waals surface area contributed by atoms with Crippen LogP contribution >= 0.6 is 46.4 Å². The van der Waals surface area contributed by atoms with Gasteiger partial charge in [0, 0.05) is 26.3 Å². The molecule has 0 spiro atoms. The van der Waals surface area contributed by atoms with Gasteiger partial charge in [0.25, 0.3) is 6.33 Å². The summed E-state index contributed by atoms with van der Waals surface area (Å²) in [4.78, 5) is 12.7. The molecular formula is C23H22Cl4N3O3+. The molecule has 2 heterocycles. The normalized spacial score (nSPS) is 20.3. The highest BCUT2D eigenvalue weighted by molar-refractivity contribution is 6.37. The number of halogens is 4. The molecular weight excluding hydrogens is 508 g/mol. The highest BCUT2D eigenvalue weighted by Crippen LogP contribution is 2.41. The van der Waals surface area contributed by atoms with Crippen molar-refractivity contribution in [3.63, 3.8) is 0 Å². The third-order valence-corrected chi connectivity index (χ3v) is 6.46. The highest BCUT2D eigenvalue weighted by atomic mass is 35.5. The van der Waals surface area contributed by atoms with E-state index in [0.29, 0.717) is 37.8 Å². The average molecular weight is 530 g/mol. The summed E-state index contributed by atoms with van der Waals surface area (Å²) < 4.78 is 15.9. The maximum absolute atomic E-state index is 12.7. The fourth-order valence-corrected chi connectivity index (χ4v) is 4.91. The fraction of sp³-hybridized carbons (Fsp3) is 0.348. The van der Waals surface area contributed by atoms with Gasteiger partial charge in [-0.25, -0.2) is 4.57 Å². The molecule has 0 saturated carbocycles. The van der Waals surface area contributed by atoms with Crippen molar-refractivity contribution in [3.8, 4) is 0 Å². The number of benzene rings is 2. The Morgan fingerprint density at radius 1 is 1.15 bits per heavy atom. The molecule has 174 valence electrons. The molecule has 1 saturated heterocycles. The van der Waals surface area contributed by atoms with Gasteiger partial charge < -0.3 is 9.47 Å². The molecule has 0 N–H and O–H groups in total. The van der Waals surface area contributed by atoms with E-state index in [1.807, 2.05) is 6.07 Å². The van der Waals surface area contributed by atoms with Gasteiger partial charge in [-0.1, -0.05) is 65.8 Å². The van der Waals surface area contributed by atoms with Gasteiger partial charge in [-0.05, 0) is 36.8 Å². The summed E-state index contributed by atoms with van der Waals surface area (Å²) in [5.74, 6) is -1.28. The van der Waals surface area contributed by atoms with E-state index >= 15 is 0 Å². The number of Topliss-reactive ketones (excluding diaryl/α,β-unsaturated/α-hetero) is 1. The number of hydrogen-bond acceptors (Lipinski definition) is 4. The van der Waals surface area contributed by atoms with Crippen LogP contribution < -0.4 is 4.57 Å². The van der Waals surface area contributed by atoms with Crippen LogP contribution in [0.1, 0.15) is 35.7 Å². The van der Waals surface area contributed by atoms with Gasteiger partial charge >= 0.3 is 0 Å². The number of aromatic nitrogens is 3. The van der Waals surface area contributed by atoms with Crippen molar-refractivity contribution in [1.82, 2.24) is 9.78 Å². The van der Waals surface area contributed by atoms with Crippen LogP contribution in [0.25, 0.3) is 0 Å². The molecule has 2 aromatic carbocycles. The van der Waals surface area contributed by atoms with Gasteiger partial charge in [0.05, 0.1) is 22.8 Å². The quantitative estimate of drug-likeness (QED) is 0.276. The third-order valence-electron chi connectivity index (χ3n) is 5.37. The molecule has 6 nitrogen and oxygen atoms in total. The Hall–Kier alpha value is -1.67. The van der Waals surface area contributed by atoms with Crippen LogP contribution in [0, 0.1) is 0 Å². The smallest absolute Gasteiger partial charge is 0.265 e. The molecule has 33 heavy (non-hydrogen) atoms. The van der Waals surface area contributed by atoms with E-state index < -0.39 is 5.79 Å². The van der Waals surface area contributed by atoms with Crippen molar-refractivity contribution < 1.29 is 18.8 Å². The van der Waals surface area contributed by atoms with Gasteiger partial charge in [0.1, 0.15) is 6.54 Å². The second kappa shape index (κ2) is 10.3. The van der Waals surface area contributed by atoms with Crippen LogP contribution in [0.2, 0.25) is 20.1 Å². The van der Waals surface area contributed by atoms with E-state index in [4.69, 9.17) is 55.9 Å². The molecule has 0 radical (unpaired) electrons. The average Bonchev–Trinajstić information content (AvgIpc) is 3.35. The van der Waals surface area contributed by atoms with Gasteiger partial charge in [-0.15, -0.1) is 4.68 Å². The summed E-state index contributed by atoms with van der Waals surface area (Å²) in [6, 6.07) is 10.0. The lowest BCUT2D eigenvalue weighted by atomic mass is 10.1. The number of rotatable bonds is 8. The van der Waals surface area contributed by atoms with Crippen molar-refractivity contribution in [2.24, 2.45) is 0 Å². The molecule has 1 aliphatic rings. The molecule has 0 amide bonds. The summed E-state index contributed by atoms with van der Waals surface area (Å²) in [5, 5.41) is 6.16. The lowest BCUT2D eigenvalue weighted by Gasteiger charge is -2.27. The van der Waals surface area contributed by atoms with E-state index in [-0.39, 0.29) is 25.0 Å². The zero-order chi connectivity index (χ0) is 23.6. The molecule has 2 atom stereocenters. The zero-order valence-electron chi connectivity index (χ0n) is 17.8. The van der Waals surface area contributed by atoms with E-state index in [1.54, 1.807) is 52.2 Å². The number of nitrogens with zero attached hydrogens (tertiary/aromatic N) is 3. The lowest BCUT2D eigenvalue weighted by molar-refractivity contribution is -0.684. The first-order chi connectivity index (χ1) is 15.8. The minimum absolute atomic E-state index is 0.0574. The van der Waals surface area contributed by atoms with Gasteiger partial charge in [-0.2, -0.15) is 0 Å². The molecule has 10 heteroatoms. The van der Waals surface area contributed by atoms with E-state index in [2.05, 4.69) is 12.0 Å². The van der Waals surface area contributed by atoms with Gasteiger partial charge in [0.2, 0.25) is 12.1 Å². The number of carbonyl (C=O) groups is 1. The first kappa shape index (κ1) is 24.5. The van der Waals surface area contributed by atoms with Crippen LogP contribution in [0.15, 0.2) is 49.1 Å². The second-order valence-corrected chi connectivity index (χ2v) is 9.57. The van der Waals surface area contributed by atoms with Gasteiger partial charge in [0.15, 0.2) is 12.3 Å². The van der Waals surface area contributed by atoms with Crippen LogP contribution in [0.4, 0.5) is 0 Å². The fourth-order valence-electron chi connectivity index (χ4n) is 3.84. The summed E-state index contributed by atoms with van der Waals surface area (Å²) >= 11 is 24.7. The summed E-state index contributed by atoms with van der Waals surface area (Å²) in [5.41, 5.74) is 1.08. The molecule has 1 aliphatic heterocycles. The summed E-state index contributed by atoms with van der Waals surface area (Å²) in [6.07, 6.45) is 5.06. The van der Waals surface area contributed by atoms with Crippen LogP contribution in [-0.4, -0.2) is 28.3 Å².